The first-order valence-electron chi connectivity index (χ1n) is 4.28. The van der Waals surface area contributed by atoms with E-state index in [9.17, 15) is 18.0 Å². The maximum atomic E-state index is 12.3. The van der Waals surface area contributed by atoms with Gasteiger partial charge in [0, 0.05) is 18.5 Å². The third-order valence-electron chi connectivity index (χ3n) is 1.95. The van der Waals surface area contributed by atoms with Crippen molar-refractivity contribution in [3.8, 4) is 5.69 Å². The van der Waals surface area contributed by atoms with Crippen LogP contribution in [0.15, 0.2) is 35.4 Å². The fourth-order valence-electron chi connectivity index (χ4n) is 1.23. The number of hydrogen-bond donors (Lipinski definition) is 1. The normalized spacial score (nSPS) is 11.7. The molecule has 0 bridgehead atoms. The van der Waals surface area contributed by atoms with Gasteiger partial charge >= 0.3 is 6.18 Å². The molecule has 2 aromatic rings. The molecule has 0 aliphatic heterocycles. The first kappa shape index (κ1) is 10.5. The standard InChI is InChI=1S/C9H6F3N3O/c10-9(11,12)7-5-8(16)15(14-7)6-1-3-13-4-2-6/h1-5,14H. The minimum Gasteiger partial charge on any atom is -0.286 e. The molecule has 0 saturated carbocycles. The number of aromatic amines is 1. The van der Waals surface area contributed by atoms with E-state index in [0.717, 1.165) is 4.68 Å². The number of hydrogen-bond acceptors (Lipinski definition) is 2. The summed E-state index contributed by atoms with van der Waals surface area (Å²) >= 11 is 0. The highest BCUT2D eigenvalue weighted by molar-refractivity contribution is 5.28. The van der Waals surface area contributed by atoms with Gasteiger partial charge < -0.3 is 0 Å². The molecule has 0 unspecified atom stereocenters. The molecule has 0 fully saturated rings. The van der Waals surface area contributed by atoms with Gasteiger partial charge in [0.25, 0.3) is 5.56 Å². The monoisotopic (exact) mass is 229 g/mol. The highest BCUT2D eigenvalue weighted by atomic mass is 19.4. The van der Waals surface area contributed by atoms with Crippen molar-refractivity contribution in [1.29, 1.82) is 0 Å². The topological polar surface area (TPSA) is 50.7 Å². The quantitative estimate of drug-likeness (QED) is 0.807. The number of rotatable bonds is 1. The van der Waals surface area contributed by atoms with Crippen molar-refractivity contribution >= 4 is 0 Å². The summed E-state index contributed by atoms with van der Waals surface area (Å²) in [5, 5.41) is 1.99. The maximum Gasteiger partial charge on any atom is 0.432 e. The molecule has 0 aliphatic carbocycles. The third kappa shape index (κ3) is 1.83. The minimum atomic E-state index is -4.56. The zero-order chi connectivity index (χ0) is 11.8. The molecule has 0 atom stereocenters. The highest BCUT2D eigenvalue weighted by Crippen LogP contribution is 2.26. The Hall–Kier alpha value is -2.05. The van der Waals surface area contributed by atoms with Gasteiger partial charge in [-0.2, -0.15) is 13.2 Å². The Labute approximate surface area is 87.3 Å². The van der Waals surface area contributed by atoms with Gasteiger partial charge in [0.05, 0.1) is 5.69 Å². The molecule has 0 radical (unpaired) electrons. The summed E-state index contributed by atoms with van der Waals surface area (Å²) in [5.74, 6) is 0. The van der Waals surface area contributed by atoms with Crippen LogP contribution in [0.1, 0.15) is 5.69 Å². The van der Waals surface area contributed by atoms with Crippen LogP contribution in [0.5, 0.6) is 0 Å². The Balaban J connectivity index is 2.53. The fraction of sp³-hybridized carbons (Fsp3) is 0.111. The van der Waals surface area contributed by atoms with Crippen LogP contribution in [-0.4, -0.2) is 14.8 Å². The number of aromatic nitrogens is 3. The lowest BCUT2D eigenvalue weighted by Crippen LogP contribution is -2.13. The lowest BCUT2D eigenvalue weighted by atomic mass is 10.4. The smallest absolute Gasteiger partial charge is 0.286 e. The van der Waals surface area contributed by atoms with Crippen molar-refractivity contribution in [2.45, 2.75) is 6.18 Å². The van der Waals surface area contributed by atoms with Crippen LogP contribution in [-0.2, 0) is 6.18 Å². The summed E-state index contributed by atoms with van der Waals surface area (Å²) in [6.07, 6.45) is -1.79. The maximum absolute atomic E-state index is 12.3. The van der Waals surface area contributed by atoms with Crippen molar-refractivity contribution in [3.63, 3.8) is 0 Å². The van der Waals surface area contributed by atoms with Crippen LogP contribution in [0.2, 0.25) is 0 Å². The van der Waals surface area contributed by atoms with E-state index in [4.69, 9.17) is 0 Å². The van der Waals surface area contributed by atoms with E-state index in [1.54, 1.807) is 0 Å². The van der Waals surface area contributed by atoms with E-state index in [-0.39, 0.29) is 0 Å². The molecule has 0 amide bonds. The zero-order valence-corrected chi connectivity index (χ0v) is 7.82. The molecule has 16 heavy (non-hydrogen) atoms. The van der Waals surface area contributed by atoms with Crippen LogP contribution in [0.4, 0.5) is 13.2 Å². The Kier molecular flexibility index (Phi) is 2.30. The summed E-state index contributed by atoms with van der Waals surface area (Å²) in [4.78, 5) is 15.0. The lowest BCUT2D eigenvalue weighted by Gasteiger charge is -2.03. The molecule has 2 rings (SSSR count). The first-order valence-corrected chi connectivity index (χ1v) is 4.28. The van der Waals surface area contributed by atoms with Gasteiger partial charge in [0.2, 0.25) is 0 Å². The molecule has 84 valence electrons. The molecule has 0 aromatic carbocycles. The fourth-order valence-corrected chi connectivity index (χ4v) is 1.23. The van der Waals surface area contributed by atoms with Gasteiger partial charge in [-0.1, -0.05) is 0 Å². The Morgan fingerprint density at radius 3 is 2.38 bits per heavy atom. The number of alkyl halides is 3. The summed E-state index contributed by atoms with van der Waals surface area (Å²) in [7, 11) is 0. The van der Waals surface area contributed by atoms with Gasteiger partial charge in [-0.3, -0.25) is 14.9 Å². The van der Waals surface area contributed by atoms with E-state index in [1.165, 1.54) is 24.5 Å². The number of pyridine rings is 1. The summed E-state index contributed by atoms with van der Waals surface area (Å²) in [5.41, 5.74) is -1.54. The predicted octanol–water partition coefficient (Wildman–Crippen LogP) is 1.58. The summed E-state index contributed by atoms with van der Waals surface area (Å²) < 4.78 is 37.7. The van der Waals surface area contributed by atoms with Crippen molar-refractivity contribution in [1.82, 2.24) is 14.8 Å². The lowest BCUT2D eigenvalue weighted by molar-refractivity contribution is -0.141. The largest absolute Gasteiger partial charge is 0.432 e. The molecule has 2 heterocycles. The van der Waals surface area contributed by atoms with Gasteiger partial charge in [-0.05, 0) is 12.1 Å². The second-order valence-electron chi connectivity index (χ2n) is 3.05. The second-order valence-corrected chi connectivity index (χ2v) is 3.05. The van der Waals surface area contributed by atoms with Crippen LogP contribution >= 0.6 is 0 Å². The Bertz CT molecular complexity index is 541. The zero-order valence-electron chi connectivity index (χ0n) is 7.82. The predicted molar refractivity (Wildman–Crippen MR) is 49.2 cm³/mol. The summed E-state index contributed by atoms with van der Waals surface area (Å²) in [6.45, 7) is 0. The molecular weight excluding hydrogens is 223 g/mol. The van der Waals surface area contributed by atoms with E-state index in [2.05, 4.69) is 4.98 Å². The molecule has 4 nitrogen and oxygen atoms in total. The number of nitrogens with zero attached hydrogens (tertiary/aromatic N) is 2. The van der Waals surface area contributed by atoms with E-state index in [0.29, 0.717) is 11.8 Å². The molecule has 1 N–H and O–H groups in total. The van der Waals surface area contributed by atoms with Crippen LogP contribution in [0, 0.1) is 0 Å². The molecule has 0 aliphatic rings. The van der Waals surface area contributed by atoms with Gasteiger partial charge in [0.15, 0.2) is 0 Å². The molecule has 0 spiro atoms. The first-order chi connectivity index (χ1) is 7.48. The van der Waals surface area contributed by atoms with Gasteiger partial charge in [-0.25, -0.2) is 4.68 Å². The SMILES string of the molecule is O=c1cc(C(F)(F)F)[nH]n1-c1ccncc1. The van der Waals surface area contributed by atoms with Crippen molar-refractivity contribution < 1.29 is 13.2 Å². The van der Waals surface area contributed by atoms with Crippen molar-refractivity contribution in [3.05, 3.63) is 46.6 Å². The van der Waals surface area contributed by atoms with Gasteiger partial charge in [-0.15, -0.1) is 0 Å². The molecule has 7 heteroatoms. The Morgan fingerprint density at radius 2 is 1.88 bits per heavy atom. The average Bonchev–Trinajstić information content (AvgIpc) is 2.61. The number of nitrogens with one attached hydrogen (secondary N) is 1. The average molecular weight is 229 g/mol. The van der Waals surface area contributed by atoms with Gasteiger partial charge in [0.1, 0.15) is 5.69 Å². The van der Waals surface area contributed by atoms with Crippen molar-refractivity contribution in [2.24, 2.45) is 0 Å². The molecular formula is C9H6F3N3O. The third-order valence-corrected chi connectivity index (χ3v) is 1.95. The molecule has 0 saturated heterocycles. The van der Waals surface area contributed by atoms with Crippen LogP contribution in [0.25, 0.3) is 5.69 Å². The number of H-pyrrole nitrogens is 1. The highest BCUT2D eigenvalue weighted by Gasteiger charge is 2.33. The molecule has 2 aromatic heterocycles. The number of halogens is 3. The minimum absolute atomic E-state index is 0.301. The van der Waals surface area contributed by atoms with Crippen LogP contribution in [0.3, 0.4) is 0 Å². The van der Waals surface area contributed by atoms with E-state index >= 15 is 0 Å². The second kappa shape index (κ2) is 3.51. The summed E-state index contributed by atoms with van der Waals surface area (Å²) in [6, 6.07) is 3.37. The van der Waals surface area contributed by atoms with Crippen molar-refractivity contribution in [2.75, 3.05) is 0 Å². The van der Waals surface area contributed by atoms with E-state index < -0.39 is 17.4 Å². The van der Waals surface area contributed by atoms with Crippen LogP contribution < -0.4 is 5.56 Å². The van der Waals surface area contributed by atoms with E-state index in [1.807, 2.05) is 5.10 Å². The Morgan fingerprint density at radius 1 is 1.25 bits per heavy atom.